The molecule has 398 valence electrons. The second-order valence-electron chi connectivity index (χ2n) is 19.1. The summed E-state index contributed by atoms with van der Waals surface area (Å²) in [7, 11) is 0. The van der Waals surface area contributed by atoms with Gasteiger partial charge in [-0.25, -0.2) is 0 Å². The molecule has 1 fully saturated rings. The van der Waals surface area contributed by atoms with Crippen molar-refractivity contribution in [2.24, 2.45) is 0 Å². The lowest BCUT2D eigenvalue weighted by molar-refractivity contribution is -0.305. The molecular weight excluding hydrogens is 871 g/mol. The molecule has 0 spiro atoms. The second-order valence-corrected chi connectivity index (χ2v) is 19.1. The molecule has 8 atom stereocenters. The highest BCUT2D eigenvalue weighted by atomic mass is 16.7. The van der Waals surface area contributed by atoms with E-state index in [9.17, 15) is 35.1 Å². The molecule has 1 heterocycles. The lowest BCUT2D eigenvalue weighted by Gasteiger charge is -2.41. The first-order chi connectivity index (χ1) is 33.7. The fraction of sp³-hybridized carbons (Fsp3) is 0.759. The largest absolute Gasteiger partial charge is 0.454 e. The Kier molecular flexibility index (Phi) is 42.9. The minimum Gasteiger partial charge on any atom is -0.454 e. The van der Waals surface area contributed by atoms with Crippen molar-refractivity contribution in [1.82, 2.24) is 5.32 Å². The van der Waals surface area contributed by atoms with E-state index < -0.39 is 67.4 Å². The van der Waals surface area contributed by atoms with Gasteiger partial charge in [-0.15, -0.1) is 0 Å². The Bertz CT molecular complexity index is 1390. The van der Waals surface area contributed by atoms with Crippen LogP contribution in [0.15, 0.2) is 72.9 Å². The smallest absolute Gasteiger partial charge is 0.306 e. The molecule has 1 aliphatic rings. The Labute approximate surface area is 420 Å². The van der Waals surface area contributed by atoms with Crippen LogP contribution in [0.25, 0.3) is 0 Å². The number of amides is 1. The molecule has 0 aromatic carbocycles. The maximum atomic E-state index is 13.4. The van der Waals surface area contributed by atoms with Crippen molar-refractivity contribution in [3.8, 4) is 0 Å². The average Bonchev–Trinajstić information content (AvgIpc) is 3.34. The van der Waals surface area contributed by atoms with Crippen LogP contribution in [0.3, 0.4) is 0 Å². The van der Waals surface area contributed by atoms with Crippen LogP contribution in [-0.4, -0.2) is 99.6 Å². The number of carbonyl (C=O) groups excluding carboxylic acids is 2. The number of hydrogen-bond donors (Lipinski definition) is 6. The number of hydrogen-bond acceptors (Lipinski definition) is 10. The molecule has 1 aliphatic heterocycles. The number of unbranched alkanes of at least 4 members (excludes halogenated alkanes) is 25. The van der Waals surface area contributed by atoms with E-state index in [-0.39, 0.29) is 19.4 Å². The van der Waals surface area contributed by atoms with E-state index in [2.05, 4.69) is 32.2 Å². The van der Waals surface area contributed by atoms with Gasteiger partial charge in [-0.05, 0) is 38.5 Å². The Morgan fingerprint density at radius 1 is 0.580 bits per heavy atom. The molecule has 0 bridgehead atoms. The molecule has 1 amide bonds. The molecule has 1 saturated heterocycles. The number of carbonyl (C=O) groups is 2. The van der Waals surface area contributed by atoms with Crippen molar-refractivity contribution in [1.29, 1.82) is 0 Å². The van der Waals surface area contributed by atoms with E-state index >= 15 is 0 Å². The van der Waals surface area contributed by atoms with Gasteiger partial charge in [0.05, 0.1) is 25.4 Å². The van der Waals surface area contributed by atoms with Gasteiger partial charge in [0, 0.05) is 6.42 Å². The summed E-state index contributed by atoms with van der Waals surface area (Å²) in [4.78, 5) is 26.4. The third-order valence-electron chi connectivity index (χ3n) is 12.8. The molecule has 8 unspecified atom stereocenters. The number of nitrogens with one attached hydrogen (secondary N) is 1. The molecule has 6 N–H and O–H groups in total. The number of esters is 1. The number of allylic oxidation sites excluding steroid dienone is 11. The Morgan fingerprint density at radius 2 is 1.04 bits per heavy atom. The first-order valence-electron chi connectivity index (χ1n) is 27.8. The monoisotopic (exact) mass is 972 g/mol. The second kappa shape index (κ2) is 46.2. The van der Waals surface area contributed by atoms with Gasteiger partial charge in [0.2, 0.25) is 5.91 Å². The molecule has 69 heavy (non-hydrogen) atoms. The molecule has 0 aromatic heterocycles. The molecule has 0 saturated carbocycles. The average molecular weight is 972 g/mol. The fourth-order valence-corrected chi connectivity index (χ4v) is 8.33. The van der Waals surface area contributed by atoms with Crippen molar-refractivity contribution in [2.75, 3.05) is 13.2 Å². The van der Waals surface area contributed by atoms with Gasteiger partial charge in [0.25, 0.3) is 0 Å². The third-order valence-corrected chi connectivity index (χ3v) is 12.8. The quantitative estimate of drug-likeness (QED) is 0.0149. The predicted molar refractivity (Wildman–Crippen MR) is 283 cm³/mol. The van der Waals surface area contributed by atoms with Crippen molar-refractivity contribution < 1.29 is 49.3 Å². The summed E-state index contributed by atoms with van der Waals surface area (Å²) >= 11 is 0. The normalized spacial score (nSPS) is 20.4. The molecule has 0 aromatic rings. The standard InChI is InChI=1S/C58H101NO10/c1-4-7-10-13-16-19-22-24-25-26-28-30-33-36-39-42-45-51(62)57(66)59-49(50(61)44-41-38-35-32-29-21-18-15-12-9-6-3)48-67-58-56(55(65)54(64)52(47-60)68-58)69-53(63)46-43-40-37-34-31-27-23-20-17-14-11-8-5-2/h8,11,14,17,20,23,27,31,34,37,41,44,49-52,54-56,58,60-62,64-65H,4-7,9-10,12-13,15-16,18-19,21-22,24-26,28-30,32-33,35-36,38-40,42-43,45-48H2,1-3H3,(H,59,66)/b11-8+,17-14+,23-20-,31-27-,37-34+,44-41+. The first kappa shape index (κ1) is 64.1. The van der Waals surface area contributed by atoms with Crippen molar-refractivity contribution in [2.45, 2.75) is 269 Å². The number of rotatable bonds is 45. The van der Waals surface area contributed by atoms with Crippen molar-refractivity contribution >= 4 is 11.9 Å². The van der Waals surface area contributed by atoms with E-state index in [4.69, 9.17) is 14.2 Å². The topological polar surface area (TPSA) is 175 Å². The highest BCUT2D eigenvalue weighted by molar-refractivity contribution is 5.80. The van der Waals surface area contributed by atoms with Gasteiger partial charge in [0.15, 0.2) is 12.4 Å². The minimum atomic E-state index is -1.64. The van der Waals surface area contributed by atoms with E-state index in [1.165, 1.54) is 116 Å². The summed E-state index contributed by atoms with van der Waals surface area (Å²) in [6.45, 7) is 5.58. The van der Waals surface area contributed by atoms with Crippen LogP contribution >= 0.6 is 0 Å². The van der Waals surface area contributed by atoms with Gasteiger partial charge in [-0.2, -0.15) is 0 Å². The maximum Gasteiger partial charge on any atom is 0.306 e. The van der Waals surface area contributed by atoms with Gasteiger partial charge in [0.1, 0.15) is 24.4 Å². The van der Waals surface area contributed by atoms with Gasteiger partial charge in [-0.1, -0.05) is 248 Å². The van der Waals surface area contributed by atoms with Crippen LogP contribution in [0.2, 0.25) is 0 Å². The van der Waals surface area contributed by atoms with Crippen LogP contribution in [-0.2, 0) is 23.8 Å². The number of aliphatic hydroxyl groups is 5. The maximum absolute atomic E-state index is 13.4. The summed E-state index contributed by atoms with van der Waals surface area (Å²) in [5, 5.41) is 56.7. The van der Waals surface area contributed by atoms with Gasteiger partial charge >= 0.3 is 5.97 Å². The summed E-state index contributed by atoms with van der Waals surface area (Å²) in [6, 6.07) is -1.04. The van der Waals surface area contributed by atoms with E-state index in [0.717, 1.165) is 51.4 Å². The molecule has 11 nitrogen and oxygen atoms in total. The Morgan fingerprint density at radius 3 is 1.55 bits per heavy atom. The summed E-state index contributed by atoms with van der Waals surface area (Å²) in [5.74, 6) is -1.27. The number of aliphatic hydroxyl groups excluding tert-OH is 5. The van der Waals surface area contributed by atoms with Gasteiger partial charge in [-0.3, -0.25) is 9.59 Å². The fourth-order valence-electron chi connectivity index (χ4n) is 8.33. The van der Waals surface area contributed by atoms with Crippen LogP contribution in [0.5, 0.6) is 0 Å². The predicted octanol–water partition coefficient (Wildman–Crippen LogP) is 12.1. The van der Waals surface area contributed by atoms with Crippen LogP contribution in [0.1, 0.15) is 220 Å². The lowest BCUT2D eigenvalue weighted by atomic mass is 9.99. The summed E-state index contributed by atoms with van der Waals surface area (Å²) < 4.78 is 17.4. The summed E-state index contributed by atoms with van der Waals surface area (Å²) in [6.07, 6.45) is 46.8. The van der Waals surface area contributed by atoms with Crippen molar-refractivity contribution in [3.05, 3.63) is 72.9 Å². The highest BCUT2D eigenvalue weighted by Crippen LogP contribution is 2.26. The SMILES string of the molecule is CC/C=C/C=C/C=C\C=C/C=C/CCCC(=O)OC1C(OCC(NC(=O)C(O)CCCCCCCCCCCCCCCCCC)C(O)/C=C/CCCCCCCCCCC)OC(CO)C(O)C1O. The molecule has 1 rings (SSSR count). The Hall–Kier alpha value is -2.90. The lowest BCUT2D eigenvalue weighted by Crippen LogP contribution is -2.61. The minimum absolute atomic E-state index is 0.0257. The van der Waals surface area contributed by atoms with E-state index in [1.807, 2.05) is 60.8 Å². The third kappa shape index (κ3) is 35.0. The Balaban J connectivity index is 2.77. The summed E-state index contributed by atoms with van der Waals surface area (Å²) in [5.41, 5.74) is 0. The van der Waals surface area contributed by atoms with Gasteiger partial charge < -0.3 is 45.1 Å². The molecule has 0 aliphatic carbocycles. The zero-order valence-corrected chi connectivity index (χ0v) is 43.7. The number of ether oxygens (including phenoxy) is 3. The van der Waals surface area contributed by atoms with Crippen molar-refractivity contribution in [3.63, 3.8) is 0 Å². The molecule has 0 radical (unpaired) electrons. The van der Waals surface area contributed by atoms with E-state index in [0.29, 0.717) is 19.3 Å². The van der Waals surface area contributed by atoms with Crippen LogP contribution < -0.4 is 5.32 Å². The van der Waals surface area contributed by atoms with Crippen LogP contribution in [0, 0.1) is 0 Å². The van der Waals surface area contributed by atoms with Crippen LogP contribution in [0.4, 0.5) is 0 Å². The highest BCUT2D eigenvalue weighted by Gasteiger charge is 2.47. The zero-order chi connectivity index (χ0) is 50.4. The molecule has 11 heteroatoms. The van der Waals surface area contributed by atoms with E-state index in [1.54, 1.807) is 6.08 Å². The zero-order valence-electron chi connectivity index (χ0n) is 43.7. The molecular formula is C58H101NO10. The first-order valence-corrected chi connectivity index (χ1v) is 27.8.